The Morgan fingerprint density at radius 1 is 1.29 bits per heavy atom. The van der Waals surface area contributed by atoms with Crippen LogP contribution in [-0.2, 0) is 19.3 Å². The molecule has 5 heteroatoms. The predicted molar refractivity (Wildman–Crippen MR) is 93.5 cm³/mol. The summed E-state index contributed by atoms with van der Waals surface area (Å²) in [6.07, 6.45) is 2.35. The zero-order valence-electron chi connectivity index (χ0n) is 13.5. The lowest BCUT2D eigenvalue weighted by molar-refractivity contribution is 0.158. The number of nitrogens with zero attached hydrogens (tertiary/aromatic N) is 1. The third-order valence-corrected chi connectivity index (χ3v) is 4.25. The molecule has 3 rings (SSSR count). The summed E-state index contributed by atoms with van der Waals surface area (Å²) >= 11 is 5.83. The van der Waals surface area contributed by atoms with Crippen molar-refractivity contribution < 1.29 is 14.9 Å². The third-order valence-electron chi connectivity index (χ3n) is 3.95. The van der Waals surface area contributed by atoms with Crippen LogP contribution in [0.25, 0.3) is 0 Å². The highest BCUT2D eigenvalue weighted by molar-refractivity contribution is 6.32. The number of aliphatic hydroxyl groups is 1. The number of benzene rings is 2. The van der Waals surface area contributed by atoms with Gasteiger partial charge in [0, 0.05) is 5.56 Å². The van der Waals surface area contributed by atoms with E-state index in [1.165, 1.54) is 0 Å². The Morgan fingerprint density at radius 3 is 2.75 bits per heavy atom. The lowest BCUT2D eigenvalue weighted by Gasteiger charge is -2.20. The van der Waals surface area contributed by atoms with Crippen molar-refractivity contribution in [3.63, 3.8) is 0 Å². The van der Waals surface area contributed by atoms with Gasteiger partial charge in [-0.05, 0) is 42.5 Å². The van der Waals surface area contributed by atoms with Crippen LogP contribution in [0.5, 0.6) is 11.5 Å². The highest BCUT2D eigenvalue weighted by Crippen LogP contribution is 2.29. The van der Waals surface area contributed by atoms with Gasteiger partial charge in [-0.3, -0.25) is 0 Å². The van der Waals surface area contributed by atoms with Crippen molar-refractivity contribution >= 4 is 11.6 Å². The van der Waals surface area contributed by atoms with Gasteiger partial charge in [0.15, 0.2) is 0 Å². The number of nitriles is 1. The van der Waals surface area contributed by atoms with Crippen molar-refractivity contribution in [3.05, 3.63) is 58.1 Å². The van der Waals surface area contributed by atoms with Gasteiger partial charge >= 0.3 is 0 Å². The Hall–Kier alpha value is -2.22. The molecule has 24 heavy (non-hydrogen) atoms. The zero-order chi connectivity index (χ0) is 17.5. The van der Waals surface area contributed by atoms with Crippen LogP contribution in [0.4, 0.5) is 0 Å². The van der Waals surface area contributed by atoms with E-state index in [-0.39, 0.29) is 6.10 Å². The summed E-state index contributed by atoms with van der Waals surface area (Å²) in [5, 5.41) is 27.9. The van der Waals surface area contributed by atoms with Gasteiger partial charge in [0.2, 0.25) is 0 Å². The van der Waals surface area contributed by atoms with Gasteiger partial charge in [-0.15, -0.1) is 0 Å². The molecule has 0 aliphatic heterocycles. The fraction of sp³-hybridized carbons (Fsp3) is 0.316. The Balaban J connectivity index is 0.000000174. The number of fused-ring (bicyclic) bond motifs is 1. The molecule has 1 unspecified atom stereocenters. The molecule has 2 N–H and O–H groups in total. The molecule has 1 aliphatic carbocycles. The van der Waals surface area contributed by atoms with Crippen molar-refractivity contribution in [2.45, 2.75) is 31.8 Å². The molecule has 0 aromatic heterocycles. The van der Waals surface area contributed by atoms with Gasteiger partial charge in [-0.25, -0.2) is 0 Å². The number of ether oxygens (including phenoxy) is 1. The monoisotopic (exact) mass is 345 g/mol. The molecule has 1 aliphatic rings. The SMILES string of the molecule is COc1c(Cl)cccc1CC#N.Oc1cccc2c1CCC(O)C2. The summed E-state index contributed by atoms with van der Waals surface area (Å²) in [4.78, 5) is 0. The zero-order valence-corrected chi connectivity index (χ0v) is 14.3. The normalized spacial score (nSPS) is 15.5. The Morgan fingerprint density at radius 2 is 2.04 bits per heavy atom. The van der Waals surface area contributed by atoms with E-state index in [9.17, 15) is 10.2 Å². The van der Waals surface area contributed by atoms with E-state index in [0.717, 1.165) is 29.5 Å². The molecule has 0 spiro atoms. The summed E-state index contributed by atoms with van der Waals surface area (Å²) in [6, 6.07) is 12.9. The maximum Gasteiger partial charge on any atom is 0.141 e. The number of methoxy groups -OCH3 is 1. The molecule has 126 valence electrons. The number of hydrogen-bond acceptors (Lipinski definition) is 4. The average Bonchev–Trinajstić information content (AvgIpc) is 2.56. The van der Waals surface area contributed by atoms with Gasteiger partial charge < -0.3 is 14.9 Å². The van der Waals surface area contributed by atoms with E-state index in [0.29, 0.717) is 29.4 Å². The first kappa shape index (κ1) is 18.1. The number of halogens is 1. The second-order valence-corrected chi connectivity index (χ2v) is 5.99. The first-order valence-electron chi connectivity index (χ1n) is 7.73. The average molecular weight is 346 g/mol. The largest absolute Gasteiger partial charge is 0.508 e. The van der Waals surface area contributed by atoms with Crippen LogP contribution in [0, 0.1) is 11.3 Å². The molecule has 1 atom stereocenters. The van der Waals surface area contributed by atoms with Gasteiger partial charge in [0.1, 0.15) is 11.5 Å². The highest BCUT2D eigenvalue weighted by Gasteiger charge is 2.18. The smallest absolute Gasteiger partial charge is 0.141 e. The minimum absolute atomic E-state index is 0.223. The number of hydrogen-bond donors (Lipinski definition) is 2. The molecule has 0 saturated carbocycles. The first-order chi connectivity index (χ1) is 11.6. The minimum atomic E-state index is -0.223. The standard InChI is InChI=1S/C10H12O2.C9H8ClNO/c11-8-4-5-9-7(6-8)2-1-3-10(9)12;1-12-9-7(5-6-11)3-2-4-8(9)10/h1-3,8,11-12H,4-6H2;2-4H,5H2,1H3. The Bertz CT molecular complexity index is 740. The second kappa shape index (κ2) is 8.58. The van der Waals surface area contributed by atoms with E-state index < -0.39 is 0 Å². The van der Waals surface area contributed by atoms with E-state index >= 15 is 0 Å². The molecule has 0 amide bonds. The topological polar surface area (TPSA) is 73.5 Å². The van der Waals surface area contributed by atoms with Crippen molar-refractivity contribution in [2.75, 3.05) is 7.11 Å². The Labute approximate surface area is 146 Å². The van der Waals surface area contributed by atoms with Crippen molar-refractivity contribution in [2.24, 2.45) is 0 Å². The van der Waals surface area contributed by atoms with Gasteiger partial charge in [-0.1, -0.05) is 35.9 Å². The summed E-state index contributed by atoms with van der Waals surface area (Å²) in [5.41, 5.74) is 2.93. The number of para-hydroxylation sites is 1. The quantitative estimate of drug-likeness (QED) is 0.871. The van der Waals surface area contributed by atoms with Gasteiger partial charge in [0.25, 0.3) is 0 Å². The molecule has 0 heterocycles. The number of aromatic hydroxyl groups is 1. The summed E-state index contributed by atoms with van der Waals surface area (Å²) < 4.78 is 5.05. The molecule has 2 aromatic rings. The van der Waals surface area contributed by atoms with E-state index in [1.807, 2.05) is 24.3 Å². The van der Waals surface area contributed by atoms with Crippen LogP contribution in [-0.4, -0.2) is 23.4 Å². The van der Waals surface area contributed by atoms with Gasteiger partial charge in [-0.2, -0.15) is 5.26 Å². The molecular weight excluding hydrogens is 326 g/mol. The highest BCUT2D eigenvalue weighted by atomic mass is 35.5. The minimum Gasteiger partial charge on any atom is -0.508 e. The maximum atomic E-state index is 9.46. The first-order valence-corrected chi connectivity index (χ1v) is 8.10. The van der Waals surface area contributed by atoms with Crippen LogP contribution in [0.1, 0.15) is 23.1 Å². The van der Waals surface area contributed by atoms with Crippen molar-refractivity contribution in [1.82, 2.24) is 0 Å². The second-order valence-electron chi connectivity index (χ2n) is 5.58. The predicted octanol–water partition coefficient (Wildman–Crippen LogP) is 3.66. The maximum absolute atomic E-state index is 9.46. The van der Waals surface area contributed by atoms with E-state index in [1.54, 1.807) is 25.3 Å². The fourth-order valence-electron chi connectivity index (χ4n) is 2.77. The molecule has 0 radical (unpaired) electrons. The van der Waals surface area contributed by atoms with Crippen LogP contribution < -0.4 is 4.74 Å². The number of phenols is 1. The number of rotatable bonds is 2. The molecule has 0 fully saturated rings. The van der Waals surface area contributed by atoms with Crippen molar-refractivity contribution in [1.29, 1.82) is 5.26 Å². The molecule has 0 bridgehead atoms. The Kier molecular flexibility index (Phi) is 6.48. The molecule has 2 aromatic carbocycles. The van der Waals surface area contributed by atoms with E-state index in [2.05, 4.69) is 0 Å². The van der Waals surface area contributed by atoms with E-state index in [4.69, 9.17) is 21.6 Å². The summed E-state index contributed by atoms with van der Waals surface area (Å²) in [6.45, 7) is 0. The number of phenolic OH excluding ortho intramolecular Hbond substituents is 1. The van der Waals surface area contributed by atoms with Gasteiger partial charge in [0.05, 0.1) is 30.7 Å². The van der Waals surface area contributed by atoms with Crippen LogP contribution in [0.3, 0.4) is 0 Å². The van der Waals surface area contributed by atoms with Crippen LogP contribution >= 0.6 is 11.6 Å². The molecule has 0 saturated heterocycles. The lowest BCUT2D eigenvalue weighted by Crippen LogP contribution is -2.18. The molecule has 4 nitrogen and oxygen atoms in total. The third kappa shape index (κ3) is 4.41. The van der Waals surface area contributed by atoms with Crippen LogP contribution in [0.15, 0.2) is 36.4 Å². The van der Waals surface area contributed by atoms with Crippen LogP contribution in [0.2, 0.25) is 5.02 Å². The lowest BCUT2D eigenvalue weighted by atomic mass is 9.89. The summed E-state index contributed by atoms with van der Waals surface area (Å²) in [7, 11) is 1.54. The molecular formula is C19H20ClNO3. The fourth-order valence-corrected chi connectivity index (χ4v) is 3.05. The number of aliphatic hydroxyl groups excluding tert-OH is 1. The van der Waals surface area contributed by atoms with Crippen molar-refractivity contribution in [3.8, 4) is 17.6 Å². The summed E-state index contributed by atoms with van der Waals surface area (Å²) in [5.74, 6) is 0.972.